The molecule has 0 aliphatic carbocycles. The number of amides is 1. The SMILES string of the molecule is COc1cc(C)c([C@H](C)NC(=O)c2ccc(C)c(S(=O)(=O)N3CCCCCC3)c2)cc1C(C)C. The van der Waals surface area contributed by atoms with E-state index in [9.17, 15) is 13.2 Å². The highest BCUT2D eigenvalue weighted by Crippen LogP contribution is 2.32. The Hall–Kier alpha value is -2.38. The zero-order chi connectivity index (χ0) is 25.0. The van der Waals surface area contributed by atoms with Crippen molar-refractivity contribution in [3.8, 4) is 5.75 Å². The van der Waals surface area contributed by atoms with Crippen molar-refractivity contribution in [3.05, 3.63) is 58.1 Å². The monoisotopic (exact) mass is 486 g/mol. The molecule has 2 aromatic carbocycles. The molecule has 34 heavy (non-hydrogen) atoms. The first-order valence-electron chi connectivity index (χ1n) is 12.2. The lowest BCUT2D eigenvalue weighted by atomic mass is 9.93. The summed E-state index contributed by atoms with van der Waals surface area (Å²) in [5.41, 5.74) is 4.14. The van der Waals surface area contributed by atoms with Crippen molar-refractivity contribution in [2.24, 2.45) is 0 Å². The van der Waals surface area contributed by atoms with E-state index in [1.165, 1.54) is 6.07 Å². The van der Waals surface area contributed by atoms with Crippen LogP contribution in [0.3, 0.4) is 0 Å². The highest BCUT2D eigenvalue weighted by molar-refractivity contribution is 7.89. The molecule has 1 aliphatic heterocycles. The number of ether oxygens (including phenoxy) is 1. The molecule has 7 heteroatoms. The van der Waals surface area contributed by atoms with Crippen molar-refractivity contribution >= 4 is 15.9 Å². The quantitative estimate of drug-likeness (QED) is 0.561. The molecule has 186 valence electrons. The van der Waals surface area contributed by atoms with Crippen molar-refractivity contribution < 1.29 is 17.9 Å². The third-order valence-electron chi connectivity index (χ3n) is 6.69. The zero-order valence-electron chi connectivity index (χ0n) is 21.3. The smallest absolute Gasteiger partial charge is 0.251 e. The van der Waals surface area contributed by atoms with Crippen LogP contribution in [-0.4, -0.2) is 38.8 Å². The van der Waals surface area contributed by atoms with Gasteiger partial charge in [0.15, 0.2) is 0 Å². The number of methoxy groups -OCH3 is 1. The molecule has 0 saturated carbocycles. The van der Waals surface area contributed by atoms with Crippen LogP contribution < -0.4 is 10.1 Å². The first-order chi connectivity index (χ1) is 16.1. The van der Waals surface area contributed by atoms with Gasteiger partial charge in [0.1, 0.15) is 5.75 Å². The van der Waals surface area contributed by atoms with Gasteiger partial charge in [-0.05, 0) is 86.1 Å². The minimum absolute atomic E-state index is 0.220. The Morgan fingerprint density at radius 2 is 1.59 bits per heavy atom. The van der Waals surface area contributed by atoms with Gasteiger partial charge in [0.25, 0.3) is 5.91 Å². The molecule has 1 atom stereocenters. The Morgan fingerprint density at radius 3 is 2.18 bits per heavy atom. The zero-order valence-corrected chi connectivity index (χ0v) is 22.1. The fourth-order valence-corrected chi connectivity index (χ4v) is 6.38. The number of benzene rings is 2. The third kappa shape index (κ3) is 5.63. The summed E-state index contributed by atoms with van der Waals surface area (Å²) in [6, 6.07) is 8.79. The molecule has 1 fully saturated rings. The van der Waals surface area contributed by atoms with Crippen molar-refractivity contribution in [3.63, 3.8) is 0 Å². The highest BCUT2D eigenvalue weighted by atomic mass is 32.2. The van der Waals surface area contributed by atoms with Gasteiger partial charge in [-0.15, -0.1) is 0 Å². The molecular weight excluding hydrogens is 448 g/mol. The van der Waals surface area contributed by atoms with E-state index in [0.29, 0.717) is 24.2 Å². The van der Waals surface area contributed by atoms with Gasteiger partial charge in [-0.25, -0.2) is 8.42 Å². The molecule has 1 amide bonds. The Kier molecular flexibility index (Phi) is 8.42. The van der Waals surface area contributed by atoms with Crippen LogP contribution in [0, 0.1) is 13.8 Å². The first kappa shape index (κ1) is 26.2. The van der Waals surface area contributed by atoms with Crippen molar-refractivity contribution in [2.75, 3.05) is 20.2 Å². The lowest BCUT2D eigenvalue weighted by molar-refractivity contribution is 0.0939. The van der Waals surface area contributed by atoms with Crippen molar-refractivity contribution in [2.45, 2.75) is 77.2 Å². The lowest BCUT2D eigenvalue weighted by Crippen LogP contribution is -2.33. The molecule has 1 heterocycles. The van der Waals surface area contributed by atoms with Gasteiger partial charge in [0.05, 0.1) is 18.0 Å². The summed E-state index contributed by atoms with van der Waals surface area (Å²) in [7, 11) is -1.98. The van der Waals surface area contributed by atoms with Gasteiger partial charge in [-0.1, -0.05) is 32.8 Å². The summed E-state index contributed by atoms with van der Waals surface area (Å²) in [6.07, 6.45) is 3.84. The average Bonchev–Trinajstić information content (AvgIpc) is 3.08. The number of hydrogen-bond donors (Lipinski definition) is 1. The van der Waals surface area contributed by atoms with E-state index >= 15 is 0 Å². The Morgan fingerprint density at radius 1 is 0.941 bits per heavy atom. The van der Waals surface area contributed by atoms with Crippen molar-refractivity contribution in [1.82, 2.24) is 9.62 Å². The van der Waals surface area contributed by atoms with E-state index in [2.05, 4.69) is 25.2 Å². The highest BCUT2D eigenvalue weighted by Gasteiger charge is 2.28. The second-order valence-electron chi connectivity index (χ2n) is 9.60. The van der Waals surface area contributed by atoms with Gasteiger partial charge in [0.2, 0.25) is 10.0 Å². The standard InChI is InChI=1S/C27H38N2O4S/c1-18(2)23-17-24(20(4)15-25(23)33-6)21(5)28-27(30)22-12-11-19(3)26(16-22)34(31,32)29-13-9-7-8-10-14-29/h11-12,15-18,21H,7-10,13-14H2,1-6H3,(H,28,30)/t21-/m0/s1. The number of sulfonamides is 1. The first-order valence-corrected chi connectivity index (χ1v) is 13.6. The number of nitrogens with zero attached hydrogens (tertiary/aromatic N) is 1. The van der Waals surface area contributed by atoms with Gasteiger partial charge in [0, 0.05) is 18.7 Å². The molecule has 0 spiro atoms. The summed E-state index contributed by atoms with van der Waals surface area (Å²) >= 11 is 0. The maximum Gasteiger partial charge on any atom is 0.251 e. The van der Waals surface area contributed by atoms with E-state index < -0.39 is 10.0 Å². The maximum absolute atomic E-state index is 13.4. The van der Waals surface area contributed by atoms with Gasteiger partial charge >= 0.3 is 0 Å². The van der Waals surface area contributed by atoms with Crippen LogP contribution in [-0.2, 0) is 10.0 Å². The number of rotatable bonds is 7. The molecule has 0 bridgehead atoms. The number of aryl methyl sites for hydroxylation is 2. The van der Waals surface area contributed by atoms with Gasteiger partial charge in [-0.3, -0.25) is 4.79 Å². The minimum atomic E-state index is -3.64. The second kappa shape index (κ2) is 10.9. The van der Waals surface area contributed by atoms with E-state index in [1.807, 2.05) is 19.9 Å². The molecule has 0 radical (unpaired) electrons. The molecule has 6 nitrogen and oxygen atoms in total. The largest absolute Gasteiger partial charge is 0.496 e. The predicted octanol–water partition coefficient (Wildman–Crippen LogP) is 5.49. The normalized spacial score (nSPS) is 16.2. The molecule has 1 aliphatic rings. The van der Waals surface area contributed by atoms with Crippen LogP contribution in [0.25, 0.3) is 0 Å². The summed E-state index contributed by atoms with van der Waals surface area (Å²) in [4.78, 5) is 13.4. The predicted molar refractivity (Wildman–Crippen MR) is 136 cm³/mol. The number of carbonyl (C=O) groups is 1. The summed E-state index contributed by atoms with van der Waals surface area (Å²) in [5, 5.41) is 3.06. The molecule has 2 aromatic rings. The molecule has 0 aromatic heterocycles. The van der Waals surface area contributed by atoms with E-state index in [4.69, 9.17) is 4.74 Å². The number of nitrogens with one attached hydrogen (secondary N) is 1. The summed E-state index contributed by atoms with van der Waals surface area (Å²) in [6.45, 7) is 11.0. The van der Waals surface area contributed by atoms with E-state index in [0.717, 1.165) is 48.1 Å². The topological polar surface area (TPSA) is 75.7 Å². The van der Waals surface area contributed by atoms with Crippen molar-refractivity contribution in [1.29, 1.82) is 0 Å². The Labute approximate surface area is 204 Å². The number of hydrogen-bond acceptors (Lipinski definition) is 4. The van der Waals surface area contributed by atoms with Gasteiger partial charge < -0.3 is 10.1 Å². The molecule has 1 N–H and O–H groups in total. The van der Waals surface area contributed by atoms with Gasteiger partial charge in [-0.2, -0.15) is 4.31 Å². The number of carbonyl (C=O) groups excluding carboxylic acids is 1. The molecule has 0 unspecified atom stereocenters. The van der Waals surface area contributed by atoms with Crippen LogP contribution in [0.1, 0.15) is 91.0 Å². The minimum Gasteiger partial charge on any atom is -0.496 e. The Balaban J connectivity index is 1.87. The fourth-order valence-electron chi connectivity index (χ4n) is 4.61. The maximum atomic E-state index is 13.4. The van der Waals surface area contributed by atoms with Crippen LogP contribution in [0.4, 0.5) is 0 Å². The van der Waals surface area contributed by atoms with Crippen LogP contribution >= 0.6 is 0 Å². The summed E-state index contributed by atoms with van der Waals surface area (Å²) in [5.74, 6) is 0.832. The molecular formula is C27H38N2O4S. The van der Waals surface area contributed by atoms with E-state index in [-0.39, 0.29) is 22.8 Å². The van der Waals surface area contributed by atoms with E-state index in [1.54, 1.807) is 30.5 Å². The lowest BCUT2D eigenvalue weighted by Gasteiger charge is -2.22. The fraction of sp³-hybridized carbons (Fsp3) is 0.519. The molecule has 1 saturated heterocycles. The van der Waals surface area contributed by atoms with Crippen LogP contribution in [0.5, 0.6) is 5.75 Å². The third-order valence-corrected chi connectivity index (χ3v) is 8.73. The van der Waals surface area contributed by atoms with Crippen LogP contribution in [0.2, 0.25) is 0 Å². The van der Waals surface area contributed by atoms with Crippen LogP contribution in [0.15, 0.2) is 35.2 Å². The Bertz CT molecular complexity index is 1130. The summed E-state index contributed by atoms with van der Waals surface area (Å²) < 4.78 is 33.8. The molecule has 3 rings (SSSR count). The average molecular weight is 487 g/mol. The second-order valence-corrected chi connectivity index (χ2v) is 11.5.